The molecule has 132 valence electrons. The normalized spacial score (nSPS) is 15.4. The number of methoxy groups -OCH3 is 1. The second-order valence-corrected chi connectivity index (χ2v) is 5.58. The molecule has 1 aromatic carbocycles. The Morgan fingerprint density at radius 3 is 2.26 bits per heavy atom. The highest BCUT2D eigenvalue weighted by atomic mass is 35.5. The maximum atomic E-state index is 12.2. The first-order chi connectivity index (χ1) is 10.1. The number of carbonyl (C=O) groups excluding carboxylic acids is 1. The number of amides is 1. The lowest BCUT2D eigenvalue weighted by molar-refractivity contribution is -0.133. The van der Waals surface area contributed by atoms with Crippen molar-refractivity contribution in [3.63, 3.8) is 0 Å². The number of hydrogen-bond acceptors (Lipinski definition) is 4. The van der Waals surface area contributed by atoms with Crippen LogP contribution in [0.15, 0.2) is 24.3 Å². The highest BCUT2D eigenvalue weighted by Gasteiger charge is 2.23. The zero-order chi connectivity index (χ0) is 15.2. The van der Waals surface area contributed by atoms with Gasteiger partial charge in [-0.05, 0) is 24.3 Å². The molecule has 0 spiro atoms. The summed E-state index contributed by atoms with van der Waals surface area (Å²) in [7, 11) is 1.59. The number of hydrogen-bond donors (Lipinski definition) is 1. The lowest BCUT2D eigenvalue weighted by Gasteiger charge is -2.36. The number of piperazine rings is 1. The lowest BCUT2D eigenvalue weighted by Crippen LogP contribution is -2.49. The summed E-state index contributed by atoms with van der Waals surface area (Å²) < 4.78 is 5.17. The number of carbonyl (C=O) groups is 1. The van der Waals surface area contributed by atoms with Crippen molar-refractivity contribution in [2.24, 2.45) is 5.73 Å². The third-order valence-corrected chi connectivity index (χ3v) is 4.07. The van der Waals surface area contributed by atoms with Gasteiger partial charge >= 0.3 is 0 Å². The van der Waals surface area contributed by atoms with E-state index >= 15 is 0 Å². The third-order valence-electron chi connectivity index (χ3n) is 3.82. The van der Waals surface area contributed by atoms with Crippen molar-refractivity contribution in [1.82, 2.24) is 4.90 Å². The van der Waals surface area contributed by atoms with E-state index in [-0.39, 0.29) is 36.8 Å². The smallest absolute Gasteiger partial charge is 0.225 e. The van der Waals surface area contributed by atoms with Crippen LogP contribution >= 0.6 is 36.4 Å². The van der Waals surface area contributed by atoms with Crippen LogP contribution in [0.1, 0.15) is 6.42 Å². The molecule has 2 N–H and O–H groups in total. The molecule has 1 heterocycles. The van der Waals surface area contributed by atoms with Gasteiger partial charge in [0.05, 0.1) is 12.5 Å². The van der Waals surface area contributed by atoms with Crippen LogP contribution in [-0.4, -0.2) is 56.7 Å². The Morgan fingerprint density at radius 1 is 1.22 bits per heavy atom. The van der Waals surface area contributed by atoms with Crippen molar-refractivity contribution >= 4 is 48.0 Å². The highest BCUT2D eigenvalue weighted by Crippen LogP contribution is 2.19. The number of ether oxygens (including phenoxy) is 1. The summed E-state index contributed by atoms with van der Waals surface area (Å²) in [5, 5.41) is 0.736. The fourth-order valence-corrected chi connectivity index (χ4v) is 2.58. The molecule has 8 heteroatoms. The van der Waals surface area contributed by atoms with E-state index in [9.17, 15) is 4.79 Å². The van der Waals surface area contributed by atoms with Crippen LogP contribution in [0.5, 0.6) is 0 Å². The first-order valence-corrected chi connectivity index (χ1v) is 7.53. The Labute approximate surface area is 154 Å². The fraction of sp³-hybridized carbons (Fsp3) is 0.533. The molecule has 0 saturated carbocycles. The molecule has 2 rings (SSSR count). The number of nitrogens with two attached hydrogens (primary N) is 1. The minimum atomic E-state index is -0.188. The molecule has 0 aliphatic carbocycles. The van der Waals surface area contributed by atoms with Crippen molar-refractivity contribution in [3.05, 3.63) is 29.3 Å². The molecule has 0 bridgehead atoms. The first kappa shape index (κ1) is 22.3. The van der Waals surface area contributed by atoms with Gasteiger partial charge in [0.2, 0.25) is 5.91 Å². The molecule has 1 unspecified atom stereocenters. The quantitative estimate of drug-likeness (QED) is 0.845. The molecule has 23 heavy (non-hydrogen) atoms. The molecule has 1 fully saturated rings. The summed E-state index contributed by atoms with van der Waals surface area (Å²) in [6.07, 6.45) is 0.167. The highest BCUT2D eigenvalue weighted by molar-refractivity contribution is 6.30. The van der Waals surface area contributed by atoms with E-state index in [1.54, 1.807) is 7.11 Å². The van der Waals surface area contributed by atoms with Crippen molar-refractivity contribution in [1.29, 1.82) is 0 Å². The number of halogens is 3. The molecule has 0 radical (unpaired) electrons. The van der Waals surface area contributed by atoms with E-state index in [1.165, 1.54) is 0 Å². The molecule has 5 nitrogen and oxygen atoms in total. The topological polar surface area (TPSA) is 58.8 Å². The second-order valence-electron chi connectivity index (χ2n) is 5.14. The summed E-state index contributed by atoms with van der Waals surface area (Å²) in [6, 6.07) is 7.79. The Kier molecular flexibility index (Phi) is 10.6. The predicted octanol–water partition coefficient (Wildman–Crippen LogP) is 2.20. The van der Waals surface area contributed by atoms with Crippen LogP contribution in [0, 0.1) is 0 Å². The number of benzene rings is 1. The average molecular weight is 385 g/mol. The minimum Gasteiger partial charge on any atom is -0.380 e. The van der Waals surface area contributed by atoms with Gasteiger partial charge in [0.15, 0.2) is 0 Å². The van der Waals surface area contributed by atoms with Gasteiger partial charge in [0, 0.05) is 50.5 Å². The van der Waals surface area contributed by atoms with Crippen molar-refractivity contribution < 1.29 is 9.53 Å². The van der Waals surface area contributed by atoms with Gasteiger partial charge in [-0.2, -0.15) is 0 Å². The van der Waals surface area contributed by atoms with Gasteiger partial charge in [-0.15, -0.1) is 24.8 Å². The standard InChI is InChI=1S/C15H22ClN3O2.2ClH/c1-21-14(11-17)10-15(20)19-8-6-18(7-9-19)13-4-2-12(16)3-5-13;;/h2-5,14H,6-11,17H2,1H3;2*1H. The van der Waals surface area contributed by atoms with Crippen LogP contribution in [0.3, 0.4) is 0 Å². The monoisotopic (exact) mass is 383 g/mol. The summed E-state index contributed by atoms with van der Waals surface area (Å²) in [4.78, 5) is 16.3. The lowest BCUT2D eigenvalue weighted by atomic mass is 10.2. The van der Waals surface area contributed by atoms with Gasteiger partial charge in [-0.25, -0.2) is 0 Å². The Bertz CT molecular complexity index is 462. The zero-order valence-corrected chi connectivity index (χ0v) is 15.5. The van der Waals surface area contributed by atoms with E-state index in [2.05, 4.69) is 4.90 Å². The molecular weight excluding hydrogens is 361 g/mol. The second kappa shape index (κ2) is 10.9. The molecular formula is C15H24Cl3N3O2. The zero-order valence-electron chi connectivity index (χ0n) is 13.1. The Hall–Kier alpha value is -0.720. The maximum Gasteiger partial charge on any atom is 0.225 e. The van der Waals surface area contributed by atoms with Gasteiger partial charge in [-0.1, -0.05) is 11.6 Å². The Balaban J connectivity index is 0.00000242. The summed E-state index contributed by atoms with van der Waals surface area (Å²) in [5.74, 6) is 0.114. The van der Waals surface area contributed by atoms with Crippen LogP contribution in [0.4, 0.5) is 5.69 Å². The molecule has 0 aromatic heterocycles. The van der Waals surface area contributed by atoms with Crippen molar-refractivity contribution in [2.45, 2.75) is 12.5 Å². The average Bonchev–Trinajstić information content (AvgIpc) is 2.53. The van der Waals surface area contributed by atoms with Crippen LogP contribution in [0.2, 0.25) is 5.02 Å². The van der Waals surface area contributed by atoms with E-state index in [4.69, 9.17) is 22.1 Å². The van der Waals surface area contributed by atoms with Gasteiger partial charge < -0.3 is 20.3 Å². The third kappa shape index (κ3) is 6.36. The van der Waals surface area contributed by atoms with Crippen molar-refractivity contribution in [2.75, 3.05) is 44.7 Å². The first-order valence-electron chi connectivity index (χ1n) is 7.15. The van der Waals surface area contributed by atoms with Gasteiger partial charge in [0.25, 0.3) is 0 Å². The van der Waals surface area contributed by atoms with Crippen LogP contribution in [-0.2, 0) is 9.53 Å². The van der Waals surface area contributed by atoms with E-state index in [0.29, 0.717) is 13.0 Å². The van der Waals surface area contributed by atoms with Crippen molar-refractivity contribution in [3.8, 4) is 0 Å². The number of rotatable bonds is 5. The number of anilines is 1. The largest absolute Gasteiger partial charge is 0.380 e. The summed E-state index contributed by atoms with van der Waals surface area (Å²) in [5.41, 5.74) is 6.70. The predicted molar refractivity (Wildman–Crippen MR) is 99.2 cm³/mol. The van der Waals surface area contributed by atoms with Crippen LogP contribution < -0.4 is 10.6 Å². The molecule has 1 amide bonds. The molecule has 1 atom stereocenters. The summed E-state index contributed by atoms with van der Waals surface area (Å²) in [6.45, 7) is 3.47. The maximum absolute atomic E-state index is 12.2. The number of nitrogens with zero attached hydrogens (tertiary/aromatic N) is 2. The molecule has 1 aliphatic heterocycles. The molecule has 1 saturated heterocycles. The summed E-state index contributed by atoms with van der Waals surface area (Å²) >= 11 is 5.90. The fourth-order valence-electron chi connectivity index (χ4n) is 2.45. The van der Waals surface area contributed by atoms with Crippen LogP contribution in [0.25, 0.3) is 0 Å². The van der Waals surface area contributed by atoms with E-state index in [1.807, 2.05) is 29.2 Å². The van der Waals surface area contributed by atoms with E-state index in [0.717, 1.165) is 36.9 Å². The van der Waals surface area contributed by atoms with Gasteiger partial charge in [0.1, 0.15) is 0 Å². The minimum absolute atomic E-state index is 0. The van der Waals surface area contributed by atoms with Gasteiger partial charge in [-0.3, -0.25) is 4.79 Å². The molecule has 1 aliphatic rings. The molecule has 1 aromatic rings. The van der Waals surface area contributed by atoms with E-state index < -0.39 is 0 Å². The SMILES string of the molecule is COC(CN)CC(=O)N1CCN(c2ccc(Cl)cc2)CC1.Cl.Cl. The Morgan fingerprint density at radius 2 is 1.78 bits per heavy atom.